The first-order chi connectivity index (χ1) is 7.69. The molecule has 0 spiro atoms. The van der Waals surface area contributed by atoms with Gasteiger partial charge in [0.25, 0.3) is 0 Å². The molecule has 0 amide bonds. The molecular formula is C12H12BrNO2. The van der Waals surface area contributed by atoms with E-state index in [1.54, 1.807) is 18.2 Å². The zero-order chi connectivity index (χ0) is 12.0. The van der Waals surface area contributed by atoms with E-state index in [4.69, 9.17) is 5.73 Å². The van der Waals surface area contributed by atoms with Crippen molar-refractivity contribution in [2.45, 2.75) is 6.42 Å². The molecule has 0 radical (unpaired) electrons. The van der Waals surface area contributed by atoms with Gasteiger partial charge in [0.2, 0.25) is 0 Å². The van der Waals surface area contributed by atoms with E-state index in [2.05, 4.69) is 32.5 Å². The minimum atomic E-state index is -0.359. The van der Waals surface area contributed by atoms with E-state index < -0.39 is 0 Å². The highest BCUT2D eigenvalue weighted by atomic mass is 79.9. The van der Waals surface area contributed by atoms with E-state index in [0.717, 1.165) is 10.0 Å². The van der Waals surface area contributed by atoms with Crippen molar-refractivity contribution in [3.8, 4) is 11.8 Å². The third-order valence-electron chi connectivity index (χ3n) is 1.88. The van der Waals surface area contributed by atoms with Gasteiger partial charge in [0.1, 0.15) is 0 Å². The molecule has 3 nitrogen and oxygen atoms in total. The SMILES string of the molecule is COC(=O)c1ccc(C#CCCN)c(Br)c1. The highest BCUT2D eigenvalue weighted by Crippen LogP contribution is 2.18. The molecule has 1 rings (SSSR count). The van der Waals surface area contributed by atoms with Crippen LogP contribution in [0, 0.1) is 11.8 Å². The molecule has 0 saturated carbocycles. The van der Waals surface area contributed by atoms with E-state index >= 15 is 0 Å². The van der Waals surface area contributed by atoms with Crippen LogP contribution in [0.1, 0.15) is 22.3 Å². The van der Waals surface area contributed by atoms with Crippen LogP contribution in [0.2, 0.25) is 0 Å². The summed E-state index contributed by atoms with van der Waals surface area (Å²) in [5.74, 6) is 5.54. The molecular weight excluding hydrogens is 270 g/mol. The molecule has 0 saturated heterocycles. The van der Waals surface area contributed by atoms with Crippen LogP contribution in [-0.2, 0) is 4.74 Å². The number of methoxy groups -OCH3 is 1. The Kier molecular flexibility index (Phi) is 5.03. The fourth-order valence-corrected chi connectivity index (χ4v) is 1.57. The van der Waals surface area contributed by atoms with Gasteiger partial charge in [0.05, 0.1) is 12.7 Å². The van der Waals surface area contributed by atoms with E-state index in [1.165, 1.54) is 7.11 Å². The number of rotatable bonds is 2. The van der Waals surface area contributed by atoms with Crippen LogP contribution in [-0.4, -0.2) is 19.6 Å². The smallest absolute Gasteiger partial charge is 0.337 e. The van der Waals surface area contributed by atoms with Crippen LogP contribution < -0.4 is 5.73 Å². The quantitative estimate of drug-likeness (QED) is 0.666. The Balaban J connectivity index is 2.93. The van der Waals surface area contributed by atoms with Crippen LogP contribution in [0.15, 0.2) is 22.7 Å². The Bertz CT molecular complexity index is 446. The van der Waals surface area contributed by atoms with Gasteiger partial charge in [-0.3, -0.25) is 0 Å². The number of esters is 1. The predicted molar refractivity (Wildman–Crippen MR) is 66.0 cm³/mol. The van der Waals surface area contributed by atoms with Crippen LogP contribution >= 0.6 is 15.9 Å². The molecule has 0 heterocycles. The number of carbonyl (C=O) groups is 1. The van der Waals surface area contributed by atoms with Gasteiger partial charge in [0.15, 0.2) is 0 Å². The number of hydrogen-bond acceptors (Lipinski definition) is 3. The summed E-state index contributed by atoms with van der Waals surface area (Å²) in [6, 6.07) is 5.15. The average molecular weight is 282 g/mol. The summed E-state index contributed by atoms with van der Waals surface area (Å²) in [7, 11) is 1.35. The fraction of sp³-hybridized carbons (Fsp3) is 0.250. The van der Waals surface area contributed by atoms with E-state index in [0.29, 0.717) is 18.5 Å². The summed E-state index contributed by atoms with van der Waals surface area (Å²) in [5, 5.41) is 0. The Morgan fingerprint density at radius 3 is 2.88 bits per heavy atom. The lowest BCUT2D eigenvalue weighted by molar-refractivity contribution is 0.0600. The predicted octanol–water partition coefficient (Wildman–Crippen LogP) is 1.94. The van der Waals surface area contributed by atoms with Gasteiger partial charge in [-0.05, 0) is 34.1 Å². The van der Waals surface area contributed by atoms with Crippen molar-refractivity contribution in [1.29, 1.82) is 0 Å². The van der Waals surface area contributed by atoms with Crippen LogP contribution in [0.5, 0.6) is 0 Å². The van der Waals surface area contributed by atoms with Crippen molar-refractivity contribution in [3.05, 3.63) is 33.8 Å². The second-order valence-corrected chi connectivity index (χ2v) is 3.88. The number of hydrogen-bond donors (Lipinski definition) is 1. The zero-order valence-electron chi connectivity index (χ0n) is 8.92. The fourth-order valence-electron chi connectivity index (χ4n) is 1.09. The molecule has 0 atom stereocenters. The number of carbonyl (C=O) groups excluding carboxylic acids is 1. The largest absolute Gasteiger partial charge is 0.465 e. The maximum Gasteiger partial charge on any atom is 0.337 e. The molecule has 1 aromatic carbocycles. The maximum atomic E-state index is 11.2. The Hall–Kier alpha value is -1.31. The highest BCUT2D eigenvalue weighted by molar-refractivity contribution is 9.10. The van der Waals surface area contributed by atoms with Crippen molar-refractivity contribution in [3.63, 3.8) is 0 Å². The van der Waals surface area contributed by atoms with Gasteiger partial charge in [-0.1, -0.05) is 11.8 Å². The number of nitrogens with two attached hydrogens (primary N) is 1. The molecule has 0 aliphatic heterocycles. The van der Waals surface area contributed by atoms with Crippen molar-refractivity contribution < 1.29 is 9.53 Å². The van der Waals surface area contributed by atoms with Gasteiger partial charge >= 0.3 is 5.97 Å². The van der Waals surface area contributed by atoms with Crippen molar-refractivity contribution >= 4 is 21.9 Å². The lowest BCUT2D eigenvalue weighted by Gasteiger charge is -2.01. The normalized spacial score (nSPS) is 9.19. The summed E-state index contributed by atoms with van der Waals surface area (Å²) in [4.78, 5) is 11.2. The summed E-state index contributed by atoms with van der Waals surface area (Å²) in [6.45, 7) is 0.546. The second-order valence-electron chi connectivity index (χ2n) is 3.03. The van der Waals surface area contributed by atoms with Gasteiger partial charge in [-0.25, -0.2) is 4.79 Å². The van der Waals surface area contributed by atoms with E-state index in [9.17, 15) is 4.79 Å². The molecule has 16 heavy (non-hydrogen) atoms. The van der Waals surface area contributed by atoms with Crippen LogP contribution in [0.3, 0.4) is 0 Å². The average Bonchev–Trinajstić information content (AvgIpc) is 2.30. The third kappa shape index (κ3) is 3.37. The van der Waals surface area contributed by atoms with E-state index in [1.807, 2.05) is 0 Å². The van der Waals surface area contributed by atoms with E-state index in [-0.39, 0.29) is 5.97 Å². The molecule has 4 heteroatoms. The van der Waals surface area contributed by atoms with Gasteiger partial charge in [-0.2, -0.15) is 0 Å². The van der Waals surface area contributed by atoms with Gasteiger partial charge in [0, 0.05) is 23.0 Å². The first kappa shape index (κ1) is 12.8. The second kappa shape index (κ2) is 6.31. The molecule has 84 valence electrons. The Morgan fingerprint density at radius 2 is 2.31 bits per heavy atom. The summed E-state index contributed by atoms with van der Waals surface area (Å²) in [6.07, 6.45) is 0.658. The molecule has 0 fully saturated rings. The first-order valence-corrected chi connectivity index (χ1v) is 5.55. The summed E-state index contributed by atoms with van der Waals surface area (Å²) < 4.78 is 5.40. The van der Waals surface area contributed by atoms with Crippen molar-refractivity contribution in [2.24, 2.45) is 5.73 Å². The van der Waals surface area contributed by atoms with Gasteiger partial charge in [-0.15, -0.1) is 0 Å². The third-order valence-corrected chi connectivity index (χ3v) is 2.54. The minimum absolute atomic E-state index is 0.359. The molecule has 0 unspecified atom stereocenters. The summed E-state index contributed by atoms with van der Waals surface area (Å²) in [5.41, 5.74) is 6.67. The molecule has 2 N–H and O–H groups in total. The molecule has 0 aliphatic carbocycles. The van der Waals surface area contributed by atoms with Crippen LogP contribution in [0.4, 0.5) is 0 Å². The highest BCUT2D eigenvalue weighted by Gasteiger charge is 2.06. The number of ether oxygens (including phenoxy) is 1. The monoisotopic (exact) mass is 281 g/mol. The van der Waals surface area contributed by atoms with Crippen molar-refractivity contribution in [1.82, 2.24) is 0 Å². The van der Waals surface area contributed by atoms with Crippen LogP contribution in [0.25, 0.3) is 0 Å². The Labute approximate surface area is 103 Å². The number of halogens is 1. The maximum absolute atomic E-state index is 11.2. The summed E-state index contributed by atoms with van der Waals surface area (Å²) >= 11 is 3.36. The standard InChI is InChI=1S/C12H12BrNO2/c1-16-12(15)10-6-5-9(11(13)8-10)4-2-3-7-14/h5-6,8H,3,7,14H2,1H3. The first-order valence-electron chi connectivity index (χ1n) is 4.76. The lowest BCUT2D eigenvalue weighted by Crippen LogP contribution is -2.01. The topological polar surface area (TPSA) is 52.3 Å². The van der Waals surface area contributed by atoms with Gasteiger partial charge < -0.3 is 10.5 Å². The molecule has 0 aliphatic rings. The molecule has 0 bridgehead atoms. The van der Waals surface area contributed by atoms with Crippen molar-refractivity contribution in [2.75, 3.05) is 13.7 Å². The zero-order valence-corrected chi connectivity index (χ0v) is 10.5. The Morgan fingerprint density at radius 1 is 1.56 bits per heavy atom. The number of benzene rings is 1. The lowest BCUT2D eigenvalue weighted by atomic mass is 10.1. The molecule has 0 aromatic heterocycles. The molecule has 1 aromatic rings. The minimum Gasteiger partial charge on any atom is -0.465 e.